The number of azide groups is 1. The summed E-state index contributed by atoms with van der Waals surface area (Å²) in [4.78, 5) is 2.51. The third kappa shape index (κ3) is 2.57. The molecule has 5 atom stereocenters. The first-order valence-corrected chi connectivity index (χ1v) is 4.35. The summed E-state index contributed by atoms with van der Waals surface area (Å²) in [6.45, 7) is -0.138. The lowest BCUT2D eigenvalue weighted by atomic mass is 9.99. The summed E-state index contributed by atoms with van der Waals surface area (Å²) in [5.41, 5.74) is 8.10. The standard InChI is InChI=1S/C7H13N3O5/c1-14-7-6(13)5(12)4(11)3(15-7)2-9-10-8/h3-7,11-13H,2H2,1H3/t3-,4+,5+,6-,7+/m1/s1. The van der Waals surface area contributed by atoms with E-state index in [0.29, 0.717) is 0 Å². The molecule has 0 radical (unpaired) electrons. The van der Waals surface area contributed by atoms with Crippen molar-refractivity contribution < 1.29 is 24.8 Å². The van der Waals surface area contributed by atoms with Crippen LogP contribution < -0.4 is 0 Å². The summed E-state index contributed by atoms with van der Waals surface area (Å²) < 4.78 is 9.84. The Kier molecular flexibility index (Phi) is 4.28. The van der Waals surface area contributed by atoms with Crippen molar-refractivity contribution in [3.63, 3.8) is 0 Å². The second-order valence-corrected chi connectivity index (χ2v) is 3.16. The molecule has 1 heterocycles. The van der Waals surface area contributed by atoms with E-state index in [4.69, 9.17) is 15.0 Å². The predicted octanol–water partition coefficient (Wildman–Crippen LogP) is -1.25. The van der Waals surface area contributed by atoms with Gasteiger partial charge in [0.25, 0.3) is 0 Å². The third-order valence-corrected chi connectivity index (χ3v) is 2.23. The van der Waals surface area contributed by atoms with E-state index < -0.39 is 30.7 Å². The number of hydrogen-bond donors (Lipinski definition) is 3. The molecule has 0 amide bonds. The Labute approximate surface area is 85.7 Å². The monoisotopic (exact) mass is 219 g/mol. The first-order valence-electron chi connectivity index (χ1n) is 4.35. The zero-order chi connectivity index (χ0) is 11.4. The fourth-order valence-corrected chi connectivity index (χ4v) is 1.38. The van der Waals surface area contributed by atoms with Crippen LogP contribution in [0, 0.1) is 0 Å². The number of aliphatic hydroxyl groups is 3. The minimum absolute atomic E-state index is 0.138. The number of ether oxygens (including phenoxy) is 2. The molecule has 1 fully saturated rings. The number of rotatable bonds is 3. The topological polar surface area (TPSA) is 128 Å². The normalized spacial score (nSPS) is 40.9. The second kappa shape index (κ2) is 5.26. The van der Waals surface area contributed by atoms with Gasteiger partial charge >= 0.3 is 0 Å². The highest BCUT2D eigenvalue weighted by molar-refractivity contribution is 4.89. The van der Waals surface area contributed by atoms with Gasteiger partial charge in [-0.15, -0.1) is 0 Å². The maximum Gasteiger partial charge on any atom is 0.186 e. The van der Waals surface area contributed by atoms with Crippen LogP contribution in [0.1, 0.15) is 0 Å². The molecule has 1 aliphatic heterocycles. The van der Waals surface area contributed by atoms with E-state index in [0.717, 1.165) is 0 Å². The molecule has 1 aliphatic rings. The van der Waals surface area contributed by atoms with Gasteiger partial charge in [0.05, 0.1) is 12.6 Å². The summed E-state index contributed by atoms with van der Waals surface area (Å²) >= 11 is 0. The van der Waals surface area contributed by atoms with E-state index in [1.165, 1.54) is 7.11 Å². The van der Waals surface area contributed by atoms with Gasteiger partial charge in [0, 0.05) is 12.0 Å². The Morgan fingerprint density at radius 1 is 1.33 bits per heavy atom. The van der Waals surface area contributed by atoms with Gasteiger partial charge < -0.3 is 24.8 Å². The first-order chi connectivity index (χ1) is 7.11. The summed E-state index contributed by atoms with van der Waals surface area (Å²) in [5, 5.41) is 31.5. The Hall–Kier alpha value is -0.890. The zero-order valence-electron chi connectivity index (χ0n) is 8.09. The molecule has 1 saturated heterocycles. The lowest BCUT2D eigenvalue weighted by molar-refractivity contribution is -0.287. The molecule has 1 rings (SSSR count). The van der Waals surface area contributed by atoms with Crippen molar-refractivity contribution in [2.24, 2.45) is 5.11 Å². The van der Waals surface area contributed by atoms with E-state index in [2.05, 4.69) is 10.0 Å². The molecule has 0 unspecified atom stereocenters. The van der Waals surface area contributed by atoms with Gasteiger partial charge in [0.2, 0.25) is 0 Å². The third-order valence-electron chi connectivity index (χ3n) is 2.23. The summed E-state index contributed by atoms with van der Waals surface area (Å²) in [6, 6.07) is 0. The van der Waals surface area contributed by atoms with Gasteiger partial charge in [-0.2, -0.15) is 0 Å². The molecule has 0 saturated carbocycles. The molecule has 3 N–H and O–H groups in total. The molecule has 0 aromatic heterocycles. The molecule has 0 bridgehead atoms. The molecule has 15 heavy (non-hydrogen) atoms. The van der Waals surface area contributed by atoms with Crippen molar-refractivity contribution in [2.75, 3.05) is 13.7 Å². The van der Waals surface area contributed by atoms with Gasteiger partial charge in [-0.3, -0.25) is 0 Å². The second-order valence-electron chi connectivity index (χ2n) is 3.16. The molecule has 0 aromatic carbocycles. The molecular formula is C7H13N3O5. The number of methoxy groups -OCH3 is 1. The van der Waals surface area contributed by atoms with Crippen molar-refractivity contribution in [2.45, 2.75) is 30.7 Å². The summed E-state index contributed by atoms with van der Waals surface area (Å²) in [6.07, 6.45) is -5.95. The van der Waals surface area contributed by atoms with Crippen LogP contribution >= 0.6 is 0 Å². The van der Waals surface area contributed by atoms with Crippen LogP contribution in [0.5, 0.6) is 0 Å². The lowest BCUT2D eigenvalue weighted by Gasteiger charge is -2.39. The summed E-state index contributed by atoms with van der Waals surface area (Å²) in [5.74, 6) is 0. The molecule has 8 nitrogen and oxygen atoms in total. The van der Waals surface area contributed by atoms with Gasteiger partial charge in [-0.25, -0.2) is 0 Å². The number of aliphatic hydroxyl groups excluding tert-OH is 3. The van der Waals surface area contributed by atoms with E-state index in [1.54, 1.807) is 0 Å². The van der Waals surface area contributed by atoms with Gasteiger partial charge in [0.15, 0.2) is 6.29 Å². The fourth-order valence-electron chi connectivity index (χ4n) is 1.38. The van der Waals surface area contributed by atoms with E-state index in [9.17, 15) is 15.3 Å². The summed E-state index contributed by atoms with van der Waals surface area (Å²) in [7, 11) is 1.29. The lowest BCUT2D eigenvalue weighted by Crippen LogP contribution is -2.58. The minimum Gasteiger partial charge on any atom is -0.388 e. The van der Waals surface area contributed by atoms with E-state index in [-0.39, 0.29) is 6.54 Å². The van der Waals surface area contributed by atoms with Gasteiger partial charge in [-0.1, -0.05) is 5.11 Å². The van der Waals surface area contributed by atoms with Crippen LogP contribution in [0.2, 0.25) is 0 Å². The molecule has 8 heteroatoms. The minimum atomic E-state index is -1.39. The maximum atomic E-state index is 9.47. The Morgan fingerprint density at radius 2 is 2.00 bits per heavy atom. The first kappa shape index (κ1) is 12.2. The van der Waals surface area contributed by atoms with Crippen molar-refractivity contribution in [1.29, 1.82) is 0 Å². The van der Waals surface area contributed by atoms with Gasteiger partial charge in [0.1, 0.15) is 18.3 Å². The quantitative estimate of drug-likeness (QED) is 0.310. The zero-order valence-corrected chi connectivity index (χ0v) is 8.09. The highest BCUT2D eigenvalue weighted by Crippen LogP contribution is 2.21. The van der Waals surface area contributed by atoms with Crippen LogP contribution in [0.15, 0.2) is 5.11 Å². The van der Waals surface area contributed by atoms with Crippen molar-refractivity contribution in [3.8, 4) is 0 Å². The van der Waals surface area contributed by atoms with Crippen LogP contribution in [0.3, 0.4) is 0 Å². The fraction of sp³-hybridized carbons (Fsp3) is 1.00. The predicted molar refractivity (Wildman–Crippen MR) is 47.7 cm³/mol. The largest absolute Gasteiger partial charge is 0.388 e. The number of nitrogens with zero attached hydrogens (tertiary/aromatic N) is 3. The van der Waals surface area contributed by atoms with Crippen LogP contribution in [-0.4, -0.2) is 59.7 Å². The molecule has 86 valence electrons. The highest BCUT2D eigenvalue weighted by atomic mass is 16.7. The van der Waals surface area contributed by atoms with Crippen molar-refractivity contribution >= 4 is 0 Å². The molecule has 0 aromatic rings. The Bertz CT molecular complexity index is 255. The van der Waals surface area contributed by atoms with E-state index in [1.807, 2.05) is 0 Å². The van der Waals surface area contributed by atoms with Crippen LogP contribution in [0.25, 0.3) is 10.4 Å². The van der Waals surface area contributed by atoms with Gasteiger partial charge in [-0.05, 0) is 5.53 Å². The maximum absolute atomic E-state index is 9.47. The van der Waals surface area contributed by atoms with Crippen molar-refractivity contribution in [1.82, 2.24) is 0 Å². The highest BCUT2D eigenvalue weighted by Gasteiger charge is 2.43. The molecule has 0 spiro atoms. The van der Waals surface area contributed by atoms with Crippen LogP contribution in [-0.2, 0) is 9.47 Å². The molecule has 0 aliphatic carbocycles. The Morgan fingerprint density at radius 3 is 2.53 bits per heavy atom. The average Bonchev–Trinajstić information content (AvgIpc) is 2.25. The van der Waals surface area contributed by atoms with Crippen LogP contribution in [0.4, 0.5) is 0 Å². The average molecular weight is 219 g/mol. The van der Waals surface area contributed by atoms with Crippen molar-refractivity contribution in [3.05, 3.63) is 10.4 Å². The Balaban J connectivity index is 2.69. The molecular weight excluding hydrogens is 206 g/mol. The number of hydrogen-bond acceptors (Lipinski definition) is 6. The smallest absolute Gasteiger partial charge is 0.186 e. The SMILES string of the molecule is CO[C@H]1O[C@H](CN=[N+]=[N-])[C@H](O)[C@H](O)[C@H]1O. The van der Waals surface area contributed by atoms with E-state index >= 15 is 0 Å².